The summed E-state index contributed by atoms with van der Waals surface area (Å²) in [6.45, 7) is 8.39. The van der Waals surface area contributed by atoms with Crippen LogP contribution in [0.4, 0.5) is 5.69 Å². The quantitative estimate of drug-likeness (QED) is 0.671. The van der Waals surface area contributed by atoms with Crippen LogP contribution < -0.4 is 4.90 Å². The van der Waals surface area contributed by atoms with Crippen molar-refractivity contribution < 1.29 is 4.79 Å². The van der Waals surface area contributed by atoms with Crippen molar-refractivity contribution in [2.45, 2.75) is 64.8 Å². The zero-order chi connectivity index (χ0) is 17.8. The standard InChI is InChI=1S/C23H27NO/c1-15-11-12-18(14-16(15)2)19-8-7-9-20-22(19)24(17(3)25)21-10-5-6-13-23(20,21)4/h7-9,11-12,14,21H,5-6,10,13H2,1-4H3/t21-,23-/m0/s1. The van der Waals surface area contributed by atoms with Gasteiger partial charge in [-0.1, -0.05) is 56.2 Å². The smallest absolute Gasteiger partial charge is 0.224 e. The summed E-state index contributed by atoms with van der Waals surface area (Å²) in [4.78, 5) is 14.7. The average molecular weight is 333 g/mol. The summed E-state index contributed by atoms with van der Waals surface area (Å²) in [6, 6.07) is 13.5. The number of para-hydroxylation sites is 1. The molecular weight excluding hydrogens is 306 g/mol. The molecular formula is C23H27NO. The summed E-state index contributed by atoms with van der Waals surface area (Å²) < 4.78 is 0. The predicted molar refractivity (Wildman–Crippen MR) is 104 cm³/mol. The minimum atomic E-state index is 0.0923. The molecule has 0 spiro atoms. The van der Waals surface area contributed by atoms with E-state index in [1.807, 2.05) is 0 Å². The number of rotatable bonds is 1. The third kappa shape index (κ3) is 2.34. The minimum absolute atomic E-state index is 0.0923. The van der Waals surface area contributed by atoms with Crippen LogP contribution in [0, 0.1) is 13.8 Å². The van der Waals surface area contributed by atoms with Gasteiger partial charge < -0.3 is 4.90 Å². The second-order valence-electron chi connectivity index (χ2n) is 8.07. The molecule has 2 heteroatoms. The van der Waals surface area contributed by atoms with Crippen LogP contribution in [0.5, 0.6) is 0 Å². The molecule has 0 N–H and O–H groups in total. The largest absolute Gasteiger partial charge is 0.308 e. The first-order valence-electron chi connectivity index (χ1n) is 9.44. The predicted octanol–water partition coefficient (Wildman–Crippen LogP) is 5.54. The van der Waals surface area contributed by atoms with Gasteiger partial charge in [-0.15, -0.1) is 0 Å². The zero-order valence-electron chi connectivity index (χ0n) is 15.7. The number of aryl methyl sites for hydroxylation is 2. The number of hydrogen-bond donors (Lipinski definition) is 0. The van der Waals surface area contributed by atoms with E-state index in [9.17, 15) is 4.79 Å². The molecule has 0 unspecified atom stereocenters. The summed E-state index contributed by atoms with van der Waals surface area (Å²) >= 11 is 0. The van der Waals surface area contributed by atoms with Crippen molar-refractivity contribution >= 4 is 11.6 Å². The SMILES string of the molecule is CC(=O)N1c2c(-c3ccc(C)c(C)c3)cccc2[C@]2(C)CCCC[C@H]12. The molecule has 2 aliphatic rings. The van der Waals surface area contributed by atoms with Crippen LogP contribution in [-0.2, 0) is 10.2 Å². The summed E-state index contributed by atoms with van der Waals surface area (Å²) in [5, 5.41) is 0. The first kappa shape index (κ1) is 16.4. The molecule has 2 nitrogen and oxygen atoms in total. The molecule has 1 aliphatic carbocycles. The molecule has 1 saturated carbocycles. The van der Waals surface area contributed by atoms with Crippen LogP contribution in [-0.4, -0.2) is 11.9 Å². The normalized spacial score (nSPS) is 24.8. The third-order valence-electron chi connectivity index (χ3n) is 6.52. The Morgan fingerprint density at radius 3 is 2.64 bits per heavy atom. The molecule has 0 saturated heterocycles. The van der Waals surface area contributed by atoms with Gasteiger partial charge in [0.15, 0.2) is 0 Å². The van der Waals surface area contributed by atoms with Gasteiger partial charge in [-0.2, -0.15) is 0 Å². The van der Waals surface area contributed by atoms with E-state index in [-0.39, 0.29) is 11.3 Å². The summed E-state index contributed by atoms with van der Waals surface area (Å²) in [5.41, 5.74) is 7.64. The number of anilines is 1. The number of carbonyl (C=O) groups is 1. The number of nitrogens with zero attached hydrogens (tertiary/aromatic N) is 1. The molecule has 130 valence electrons. The van der Waals surface area contributed by atoms with Gasteiger partial charge >= 0.3 is 0 Å². The number of fused-ring (bicyclic) bond motifs is 3. The second-order valence-corrected chi connectivity index (χ2v) is 8.07. The number of carbonyl (C=O) groups excluding carboxylic acids is 1. The highest BCUT2D eigenvalue weighted by Crippen LogP contribution is 2.54. The topological polar surface area (TPSA) is 20.3 Å². The number of amides is 1. The van der Waals surface area contributed by atoms with Gasteiger partial charge in [-0.3, -0.25) is 4.79 Å². The molecule has 0 radical (unpaired) electrons. The Kier molecular flexibility index (Phi) is 3.75. The van der Waals surface area contributed by atoms with Gasteiger partial charge in [0.25, 0.3) is 0 Å². The van der Waals surface area contributed by atoms with Crippen molar-refractivity contribution in [2.75, 3.05) is 4.90 Å². The summed E-state index contributed by atoms with van der Waals surface area (Å²) in [7, 11) is 0. The van der Waals surface area contributed by atoms with E-state index < -0.39 is 0 Å². The maximum absolute atomic E-state index is 12.6. The average Bonchev–Trinajstić information content (AvgIpc) is 2.86. The number of benzene rings is 2. The van der Waals surface area contributed by atoms with E-state index in [1.165, 1.54) is 47.1 Å². The van der Waals surface area contributed by atoms with Crippen molar-refractivity contribution in [2.24, 2.45) is 0 Å². The van der Waals surface area contributed by atoms with Crippen LogP contribution in [0.2, 0.25) is 0 Å². The highest BCUT2D eigenvalue weighted by atomic mass is 16.2. The second kappa shape index (κ2) is 5.72. The Bertz CT molecular complexity index is 853. The molecule has 0 aromatic heterocycles. The van der Waals surface area contributed by atoms with E-state index in [1.54, 1.807) is 6.92 Å². The minimum Gasteiger partial charge on any atom is -0.308 e. The van der Waals surface area contributed by atoms with Crippen molar-refractivity contribution in [1.29, 1.82) is 0 Å². The van der Waals surface area contributed by atoms with E-state index >= 15 is 0 Å². The molecule has 0 bridgehead atoms. The lowest BCUT2D eigenvalue weighted by molar-refractivity contribution is -0.117. The fourth-order valence-electron chi connectivity index (χ4n) is 4.98. The van der Waals surface area contributed by atoms with Crippen molar-refractivity contribution in [3.63, 3.8) is 0 Å². The molecule has 1 heterocycles. The van der Waals surface area contributed by atoms with Crippen LogP contribution in [0.1, 0.15) is 56.2 Å². The Labute approximate surface area is 150 Å². The maximum atomic E-state index is 12.6. The maximum Gasteiger partial charge on any atom is 0.224 e. The molecule has 1 amide bonds. The lowest BCUT2D eigenvalue weighted by atomic mass is 9.69. The Morgan fingerprint density at radius 2 is 1.92 bits per heavy atom. The molecule has 2 aromatic rings. The lowest BCUT2D eigenvalue weighted by Crippen LogP contribution is -2.47. The molecule has 4 rings (SSSR count). The monoisotopic (exact) mass is 333 g/mol. The Hall–Kier alpha value is -2.09. The fraction of sp³-hybridized carbons (Fsp3) is 0.435. The van der Waals surface area contributed by atoms with E-state index in [2.05, 4.69) is 62.1 Å². The molecule has 1 fully saturated rings. The van der Waals surface area contributed by atoms with Gasteiger partial charge in [0, 0.05) is 23.9 Å². The Morgan fingerprint density at radius 1 is 1.12 bits per heavy atom. The first-order chi connectivity index (χ1) is 11.9. The van der Waals surface area contributed by atoms with E-state index in [4.69, 9.17) is 0 Å². The van der Waals surface area contributed by atoms with Crippen LogP contribution in [0.25, 0.3) is 11.1 Å². The van der Waals surface area contributed by atoms with Crippen LogP contribution in [0.3, 0.4) is 0 Å². The lowest BCUT2D eigenvalue weighted by Gasteiger charge is -2.39. The van der Waals surface area contributed by atoms with E-state index in [0.29, 0.717) is 6.04 Å². The number of hydrogen-bond acceptors (Lipinski definition) is 1. The van der Waals surface area contributed by atoms with Crippen molar-refractivity contribution in [3.8, 4) is 11.1 Å². The molecule has 1 aliphatic heterocycles. The van der Waals surface area contributed by atoms with Gasteiger partial charge in [-0.05, 0) is 48.9 Å². The van der Waals surface area contributed by atoms with Crippen LogP contribution in [0.15, 0.2) is 36.4 Å². The molecule has 2 atom stereocenters. The van der Waals surface area contributed by atoms with E-state index in [0.717, 1.165) is 12.1 Å². The Balaban J connectivity index is 1.96. The van der Waals surface area contributed by atoms with Gasteiger partial charge in [0.05, 0.1) is 5.69 Å². The van der Waals surface area contributed by atoms with Crippen molar-refractivity contribution in [1.82, 2.24) is 0 Å². The highest BCUT2D eigenvalue weighted by Gasteiger charge is 2.50. The fourth-order valence-corrected chi connectivity index (χ4v) is 4.98. The summed E-state index contributed by atoms with van der Waals surface area (Å²) in [5.74, 6) is 0.174. The highest BCUT2D eigenvalue weighted by molar-refractivity contribution is 6.01. The molecule has 25 heavy (non-hydrogen) atoms. The summed E-state index contributed by atoms with van der Waals surface area (Å²) in [6.07, 6.45) is 4.75. The van der Waals surface area contributed by atoms with Gasteiger partial charge in [0.2, 0.25) is 5.91 Å². The zero-order valence-corrected chi connectivity index (χ0v) is 15.7. The third-order valence-corrected chi connectivity index (χ3v) is 6.52. The first-order valence-corrected chi connectivity index (χ1v) is 9.44. The van der Waals surface area contributed by atoms with Gasteiger partial charge in [-0.25, -0.2) is 0 Å². The molecule has 2 aromatic carbocycles. The van der Waals surface area contributed by atoms with Crippen molar-refractivity contribution in [3.05, 3.63) is 53.1 Å². The van der Waals surface area contributed by atoms with Gasteiger partial charge in [0.1, 0.15) is 0 Å². The van der Waals surface area contributed by atoms with Crippen LogP contribution >= 0.6 is 0 Å².